The Hall–Kier alpha value is -1.95. The number of amides is 1. The van der Waals surface area contributed by atoms with Gasteiger partial charge in [0.25, 0.3) is 0 Å². The number of methoxy groups -OCH3 is 1. The molecule has 0 aliphatic rings. The molecule has 1 amide bonds. The van der Waals surface area contributed by atoms with Crippen LogP contribution in [0.3, 0.4) is 0 Å². The molecule has 0 spiro atoms. The summed E-state index contributed by atoms with van der Waals surface area (Å²) in [6, 6.07) is 5.59. The minimum absolute atomic E-state index is 0.0888. The van der Waals surface area contributed by atoms with Crippen molar-refractivity contribution in [3.05, 3.63) is 29.3 Å². The van der Waals surface area contributed by atoms with E-state index in [1.165, 1.54) is 0 Å². The van der Waals surface area contributed by atoms with Gasteiger partial charge in [0.1, 0.15) is 5.75 Å². The average Bonchev–Trinajstić information content (AvgIpc) is 2.20. The molecule has 78 valence electrons. The predicted molar refractivity (Wildman–Crippen MR) is 58.4 cm³/mol. The number of nitrogens with two attached hydrogens (primary N) is 1. The lowest BCUT2D eigenvalue weighted by atomic mass is 10.1. The van der Waals surface area contributed by atoms with Crippen molar-refractivity contribution in [1.82, 2.24) is 0 Å². The molecule has 3 nitrogen and oxygen atoms in total. The Labute approximate surface area is 89.2 Å². The number of carbonyl (C=O) groups excluding carboxylic acids is 1. The van der Waals surface area contributed by atoms with Gasteiger partial charge in [0.15, 0.2) is 0 Å². The normalized spacial score (nSPS) is 8.93. The summed E-state index contributed by atoms with van der Waals surface area (Å²) < 4.78 is 5.07. The molecule has 0 aromatic heterocycles. The van der Waals surface area contributed by atoms with Crippen molar-refractivity contribution in [2.24, 2.45) is 5.73 Å². The summed E-state index contributed by atoms with van der Waals surface area (Å²) in [5.41, 5.74) is 6.88. The number of benzene rings is 1. The van der Waals surface area contributed by atoms with Gasteiger partial charge in [-0.05, 0) is 30.7 Å². The van der Waals surface area contributed by atoms with E-state index >= 15 is 0 Å². The van der Waals surface area contributed by atoms with E-state index in [9.17, 15) is 4.79 Å². The Balaban J connectivity index is 2.85. The fourth-order valence-corrected chi connectivity index (χ4v) is 1.13. The lowest BCUT2D eigenvalue weighted by Crippen LogP contribution is -2.08. The van der Waals surface area contributed by atoms with Crippen LogP contribution in [0.5, 0.6) is 5.75 Å². The van der Waals surface area contributed by atoms with Crippen LogP contribution in [0.4, 0.5) is 0 Å². The SMILES string of the molecule is COc1ccc(C#CCC(N)=O)c(C)c1. The molecule has 2 N–H and O–H groups in total. The van der Waals surface area contributed by atoms with Crippen molar-refractivity contribution in [2.45, 2.75) is 13.3 Å². The first-order chi connectivity index (χ1) is 7.13. The predicted octanol–water partition coefficient (Wildman–Crippen LogP) is 1.23. The number of ether oxygens (including phenoxy) is 1. The molecule has 0 saturated heterocycles. The van der Waals surface area contributed by atoms with Gasteiger partial charge in [0, 0.05) is 5.56 Å². The van der Waals surface area contributed by atoms with Crippen molar-refractivity contribution in [3.8, 4) is 17.6 Å². The smallest absolute Gasteiger partial charge is 0.229 e. The molecule has 0 aliphatic carbocycles. The third-order valence-electron chi connectivity index (χ3n) is 1.92. The molecule has 15 heavy (non-hydrogen) atoms. The molecule has 0 radical (unpaired) electrons. The lowest BCUT2D eigenvalue weighted by Gasteiger charge is -2.02. The maximum atomic E-state index is 10.5. The minimum atomic E-state index is -0.409. The van der Waals surface area contributed by atoms with Crippen LogP contribution in [-0.2, 0) is 4.79 Å². The van der Waals surface area contributed by atoms with Crippen LogP contribution in [0.15, 0.2) is 18.2 Å². The van der Waals surface area contributed by atoms with E-state index in [2.05, 4.69) is 11.8 Å². The second-order valence-corrected chi connectivity index (χ2v) is 3.13. The van der Waals surface area contributed by atoms with Crippen molar-refractivity contribution < 1.29 is 9.53 Å². The Morgan fingerprint density at radius 3 is 2.80 bits per heavy atom. The van der Waals surface area contributed by atoms with E-state index in [4.69, 9.17) is 10.5 Å². The van der Waals surface area contributed by atoms with E-state index < -0.39 is 5.91 Å². The summed E-state index contributed by atoms with van der Waals surface area (Å²) in [5, 5.41) is 0. The second-order valence-electron chi connectivity index (χ2n) is 3.13. The van der Waals surface area contributed by atoms with Crippen LogP contribution in [0.25, 0.3) is 0 Å². The summed E-state index contributed by atoms with van der Waals surface area (Å²) >= 11 is 0. The molecule has 1 rings (SSSR count). The van der Waals surface area contributed by atoms with Gasteiger partial charge in [-0.25, -0.2) is 0 Å². The largest absolute Gasteiger partial charge is 0.497 e. The van der Waals surface area contributed by atoms with Crippen LogP contribution in [0.1, 0.15) is 17.5 Å². The van der Waals surface area contributed by atoms with Crippen molar-refractivity contribution >= 4 is 5.91 Å². The van der Waals surface area contributed by atoms with Gasteiger partial charge in [-0.1, -0.05) is 11.8 Å². The van der Waals surface area contributed by atoms with Gasteiger partial charge in [-0.2, -0.15) is 0 Å². The van der Waals surface area contributed by atoms with E-state index in [0.29, 0.717) is 0 Å². The molecule has 0 atom stereocenters. The Morgan fingerprint density at radius 2 is 2.27 bits per heavy atom. The van der Waals surface area contributed by atoms with E-state index in [0.717, 1.165) is 16.9 Å². The van der Waals surface area contributed by atoms with Gasteiger partial charge >= 0.3 is 0 Å². The molecular weight excluding hydrogens is 190 g/mol. The van der Waals surface area contributed by atoms with Crippen LogP contribution in [0, 0.1) is 18.8 Å². The van der Waals surface area contributed by atoms with E-state index in [1.807, 2.05) is 25.1 Å². The first-order valence-electron chi connectivity index (χ1n) is 4.55. The summed E-state index contributed by atoms with van der Waals surface area (Å²) in [5.74, 6) is 5.99. The van der Waals surface area contributed by atoms with Gasteiger partial charge in [-0.3, -0.25) is 4.79 Å². The summed E-state index contributed by atoms with van der Waals surface area (Å²) in [6.07, 6.45) is 0.0888. The van der Waals surface area contributed by atoms with Crippen LogP contribution < -0.4 is 10.5 Å². The second kappa shape index (κ2) is 5.06. The first-order valence-corrected chi connectivity index (χ1v) is 4.55. The quantitative estimate of drug-likeness (QED) is 0.735. The maximum absolute atomic E-state index is 10.5. The fraction of sp³-hybridized carbons (Fsp3) is 0.250. The molecule has 1 aromatic rings. The van der Waals surface area contributed by atoms with E-state index in [1.54, 1.807) is 7.11 Å². The number of aryl methyl sites for hydroxylation is 1. The lowest BCUT2D eigenvalue weighted by molar-refractivity contribution is -0.117. The van der Waals surface area contributed by atoms with Crippen LogP contribution >= 0.6 is 0 Å². The molecule has 0 heterocycles. The highest BCUT2D eigenvalue weighted by Gasteiger charge is 1.96. The zero-order chi connectivity index (χ0) is 11.3. The number of hydrogen-bond donors (Lipinski definition) is 1. The highest BCUT2D eigenvalue weighted by atomic mass is 16.5. The molecule has 3 heteroatoms. The highest BCUT2D eigenvalue weighted by molar-refractivity contribution is 5.76. The van der Waals surface area contributed by atoms with Gasteiger partial charge in [-0.15, -0.1) is 0 Å². The third kappa shape index (κ3) is 3.35. The highest BCUT2D eigenvalue weighted by Crippen LogP contribution is 2.15. The summed E-state index contributed by atoms with van der Waals surface area (Å²) in [6.45, 7) is 1.94. The molecule has 0 unspecified atom stereocenters. The fourth-order valence-electron chi connectivity index (χ4n) is 1.13. The van der Waals surface area contributed by atoms with E-state index in [-0.39, 0.29) is 6.42 Å². The number of rotatable bonds is 2. The van der Waals surface area contributed by atoms with Crippen molar-refractivity contribution in [3.63, 3.8) is 0 Å². The summed E-state index contributed by atoms with van der Waals surface area (Å²) in [4.78, 5) is 10.5. The molecule has 0 saturated carbocycles. The van der Waals surface area contributed by atoms with Crippen LogP contribution in [0.2, 0.25) is 0 Å². The Kier molecular flexibility index (Phi) is 3.75. The molecule has 0 bridgehead atoms. The maximum Gasteiger partial charge on any atom is 0.229 e. The van der Waals surface area contributed by atoms with Gasteiger partial charge < -0.3 is 10.5 Å². The molecule has 0 fully saturated rings. The molecular formula is C12H13NO2. The number of primary amides is 1. The first kappa shape index (κ1) is 11.1. The zero-order valence-corrected chi connectivity index (χ0v) is 8.83. The van der Waals surface area contributed by atoms with Crippen LogP contribution in [-0.4, -0.2) is 13.0 Å². The standard InChI is InChI=1S/C12H13NO2/c1-9-8-11(15-2)7-6-10(9)4-3-5-12(13)14/h6-8H,5H2,1-2H3,(H2,13,14). The average molecular weight is 203 g/mol. The molecule has 0 aliphatic heterocycles. The topological polar surface area (TPSA) is 52.3 Å². The Morgan fingerprint density at radius 1 is 1.53 bits per heavy atom. The Bertz CT molecular complexity index is 427. The van der Waals surface area contributed by atoms with Crippen molar-refractivity contribution in [2.75, 3.05) is 7.11 Å². The minimum Gasteiger partial charge on any atom is -0.497 e. The summed E-state index contributed by atoms with van der Waals surface area (Å²) in [7, 11) is 1.62. The van der Waals surface area contributed by atoms with Gasteiger partial charge in [0.2, 0.25) is 5.91 Å². The number of hydrogen-bond acceptors (Lipinski definition) is 2. The monoisotopic (exact) mass is 203 g/mol. The molecule has 1 aromatic carbocycles. The van der Waals surface area contributed by atoms with Crippen molar-refractivity contribution in [1.29, 1.82) is 0 Å². The number of carbonyl (C=O) groups is 1. The zero-order valence-electron chi connectivity index (χ0n) is 8.83. The van der Waals surface area contributed by atoms with Gasteiger partial charge in [0.05, 0.1) is 13.5 Å². The third-order valence-corrected chi connectivity index (χ3v) is 1.92.